The summed E-state index contributed by atoms with van der Waals surface area (Å²) in [4.78, 5) is 0. The molecule has 1 aromatic heterocycles. The van der Waals surface area contributed by atoms with Gasteiger partial charge in [-0.2, -0.15) is 5.10 Å². The Morgan fingerprint density at radius 3 is 2.85 bits per heavy atom. The maximum Gasteiger partial charge on any atom is 0.268 e. The SMILES string of the molecule is COc1cc(Br)cc2cn(C3CCB(C#N)CC3)nc12. The Morgan fingerprint density at radius 2 is 2.20 bits per heavy atom. The van der Waals surface area contributed by atoms with E-state index in [4.69, 9.17) is 10.00 Å². The van der Waals surface area contributed by atoms with Crippen molar-refractivity contribution in [3.8, 4) is 11.7 Å². The topological polar surface area (TPSA) is 50.8 Å². The van der Waals surface area contributed by atoms with Gasteiger partial charge in [-0.1, -0.05) is 28.6 Å². The monoisotopic (exact) mass is 331 g/mol. The number of ether oxygens (including phenoxy) is 1. The Kier molecular flexibility index (Phi) is 3.71. The fourth-order valence-corrected chi connectivity index (χ4v) is 3.35. The molecule has 4 nitrogen and oxygen atoms in total. The van der Waals surface area contributed by atoms with Gasteiger partial charge in [0.05, 0.1) is 13.2 Å². The Balaban J connectivity index is 1.92. The van der Waals surface area contributed by atoms with Crippen LogP contribution in [-0.2, 0) is 0 Å². The average molecular weight is 332 g/mol. The minimum absolute atomic E-state index is 0.222. The molecule has 0 spiro atoms. The van der Waals surface area contributed by atoms with Crippen LogP contribution in [0.1, 0.15) is 18.9 Å². The zero-order valence-corrected chi connectivity index (χ0v) is 12.9. The molecule has 6 heteroatoms. The van der Waals surface area contributed by atoms with E-state index < -0.39 is 0 Å². The molecule has 1 aromatic carbocycles. The summed E-state index contributed by atoms with van der Waals surface area (Å²) < 4.78 is 8.44. The van der Waals surface area contributed by atoms with Gasteiger partial charge in [0.2, 0.25) is 0 Å². The average Bonchev–Trinajstić information content (AvgIpc) is 2.90. The van der Waals surface area contributed by atoms with Crippen LogP contribution in [0.15, 0.2) is 22.8 Å². The highest BCUT2D eigenvalue weighted by Crippen LogP contribution is 2.33. The van der Waals surface area contributed by atoms with Crippen molar-refractivity contribution in [2.24, 2.45) is 0 Å². The van der Waals surface area contributed by atoms with Crippen molar-refractivity contribution in [1.82, 2.24) is 9.78 Å². The highest BCUT2D eigenvalue weighted by atomic mass is 79.9. The molecule has 20 heavy (non-hydrogen) atoms. The van der Waals surface area contributed by atoms with Crippen molar-refractivity contribution in [3.05, 3.63) is 22.8 Å². The molecule has 1 fully saturated rings. The molecule has 1 saturated heterocycles. The van der Waals surface area contributed by atoms with Crippen LogP contribution in [0, 0.1) is 11.2 Å². The van der Waals surface area contributed by atoms with Gasteiger partial charge in [0.1, 0.15) is 11.3 Å². The second-order valence-corrected chi connectivity index (χ2v) is 6.21. The number of nitrogens with zero attached hydrogens (tertiary/aromatic N) is 3. The number of nitriles is 1. The molecular weight excluding hydrogens is 317 g/mol. The van der Waals surface area contributed by atoms with Gasteiger partial charge in [0.25, 0.3) is 6.71 Å². The summed E-state index contributed by atoms with van der Waals surface area (Å²) in [6, 6.07) is 4.39. The first-order valence-electron chi connectivity index (χ1n) is 6.83. The van der Waals surface area contributed by atoms with E-state index in [9.17, 15) is 0 Å². The zero-order chi connectivity index (χ0) is 14.1. The number of halogens is 1. The van der Waals surface area contributed by atoms with Gasteiger partial charge in [-0.25, -0.2) is 5.26 Å². The van der Waals surface area contributed by atoms with Gasteiger partial charge in [0, 0.05) is 22.0 Å². The smallest absolute Gasteiger partial charge is 0.268 e. The van der Waals surface area contributed by atoms with Crippen LogP contribution in [0.2, 0.25) is 12.6 Å². The fraction of sp³-hybridized carbons (Fsp3) is 0.429. The summed E-state index contributed by atoms with van der Waals surface area (Å²) >= 11 is 3.49. The molecule has 3 rings (SSSR count). The Hall–Kier alpha value is -1.48. The lowest BCUT2D eigenvalue weighted by Crippen LogP contribution is -2.22. The predicted octanol–water partition coefficient (Wildman–Crippen LogP) is 3.70. The second kappa shape index (κ2) is 5.49. The molecule has 0 aliphatic carbocycles. The Bertz CT molecular complexity index is 671. The van der Waals surface area contributed by atoms with Crippen molar-refractivity contribution in [2.75, 3.05) is 7.11 Å². The summed E-state index contributed by atoms with van der Waals surface area (Å²) in [5.41, 5.74) is 0.901. The molecular formula is C14H15BBrN3O. The summed E-state index contributed by atoms with van der Waals surface area (Å²) in [6.45, 7) is 0.222. The summed E-state index contributed by atoms with van der Waals surface area (Å²) in [5.74, 6) is 3.16. The molecule has 102 valence electrons. The lowest BCUT2D eigenvalue weighted by Gasteiger charge is -2.23. The summed E-state index contributed by atoms with van der Waals surface area (Å²) in [5, 5.41) is 14.7. The molecule has 1 aliphatic rings. The van der Waals surface area contributed by atoms with Crippen LogP contribution in [-0.4, -0.2) is 23.6 Å². The van der Waals surface area contributed by atoms with Crippen molar-refractivity contribution < 1.29 is 4.74 Å². The fourth-order valence-electron chi connectivity index (χ4n) is 2.90. The number of aromatic nitrogens is 2. The maximum atomic E-state index is 8.97. The number of hydrogen-bond donors (Lipinski definition) is 0. The number of fused-ring (bicyclic) bond motifs is 1. The number of hydrogen-bond acceptors (Lipinski definition) is 3. The normalized spacial score (nSPS) is 16.4. The number of benzene rings is 1. The first kappa shape index (κ1) is 13.5. The van der Waals surface area contributed by atoms with E-state index in [-0.39, 0.29) is 6.71 Å². The van der Waals surface area contributed by atoms with Crippen molar-refractivity contribution in [2.45, 2.75) is 31.5 Å². The van der Waals surface area contributed by atoms with Gasteiger partial charge in [-0.05, 0) is 25.0 Å². The van der Waals surface area contributed by atoms with Crippen LogP contribution in [0.5, 0.6) is 5.75 Å². The van der Waals surface area contributed by atoms with Crippen LogP contribution in [0.4, 0.5) is 0 Å². The van der Waals surface area contributed by atoms with Gasteiger partial charge in [0.15, 0.2) is 0 Å². The predicted molar refractivity (Wildman–Crippen MR) is 83.2 cm³/mol. The van der Waals surface area contributed by atoms with E-state index in [1.165, 1.54) is 0 Å². The van der Waals surface area contributed by atoms with Gasteiger partial charge in [-0.15, -0.1) is 0 Å². The molecule has 0 atom stereocenters. The molecule has 2 aromatic rings. The van der Waals surface area contributed by atoms with E-state index in [2.05, 4.69) is 39.3 Å². The maximum absolute atomic E-state index is 8.97. The number of rotatable bonds is 2. The van der Waals surface area contributed by atoms with E-state index >= 15 is 0 Å². The van der Waals surface area contributed by atoms with E-state index in [1.807, 2.05) is 10.7 Å². The molecule has 0 amide bonds. The summed E-state index contributed by atoms with van der Waals surface area (Å²) in [7, 11) is 1.67. The third-order valence-corrected chi connectivity index (χ3v) is 4.49. The van der Waals surface area contributed by atoms with Crippen molar-refractivity contribution in [3.63, 3.8) is 0 Å². The minimum Gasteiger partial charge on any atom is -0.494 e. The molecule has 0 unspecified atom stereocenters. The second-order valence-electron chi connectivity index (χ2n) is 5.29. The minimum atomic E-state index is 0.222. The largest absolute Gasteiger partial charge is 0.494 e. The lowest BCUT2D eigenvalue weighted by atomic mass is 9.42. The quantitative estimate of drug-likeness (QED) is 0.788. The summed E-state index contributed by atoms with van der Waals surface area (Å²) in [6.07, 6.45) is 6.07. The van der Waals surface area contributed by atoms with Crippen molar-refractivity contribution in [1.29, 1.82) is 5.26 Å². The lowest BCUT2D eigenvalue weighted by molar-refractivity contribution is 0.407. The van der Waals surface area contributed by atoms with Crippen LogP contribution < -0.4 is 4.74 Å². The van der Waals surface area contributed by atoms with E-state index in [0.29, 0.717) is 6.04 Å². The highest BCUT2D eigenvalue weighted by molar-refractivity contribution is 9.10. The number of methoxy groups -OCH3 is 1. The van der Waals surface area contributed by atoms with E-state index in [1.54, 1.807) is 7.11 Å². The molecule has 2 heterocycles. The molecule has 0 N–H and O–H groups in total. The first-order valence-corrected chi connectivity index (χ1v) is 7.62. The van der Waals surface area contributed by atoms with Crippen molar-refractivity contribution >= 4 is 33.5 Å². The van der Waals surface area contributed by atoms with Crippen LogP contribution in [0.3, 0.4) is 0 Å². The third-order valence-electron chi connectivity index (χ3n) is 4.03. The molecule has 1 aliphatic heterocycles. The van der Waals surface area contributed by atoms with E-state index in [0.717, 1.165) is 46.6 Å². The Morgan fingerprint density at radius 1 is 1.45 bits per heavy atom. The van der Waals surface area contributed by atoms with Crippen LogP contribution in [0.25, 0.3) is 10.9 Å². The Labute approximate surface area is 126 Å². The van der Waals surface area contributed by atoms with Gasteiger partial charge in [-0.3, -0.25) is 4.68 Å². The standard InChI is InChI=1S/C14H15BBrN3O/c1-20-13-7-11(16)6-10-8-19(18-14(10)13)12-2-4-15(9-17)5-3-12/h6-8,12H,2-5H2,1H3. The first-order chi connectivity index (χ1) is 9.71. The molecule has 0 bridgehead atoms. The molecule has 0 saturated carbocycles. The van der Waals surface area contributed by atoms with Gasteiger partial charge < -0.3 is 4.74 Å². The highest BCUT2D eigenvalue weighted by Gasteiger charge is 2.26. The third kappa shape index (κ3) is 2.43. The van der Waals surface area contributed by atoms with Gasteiger partial charge >= 0.3 is 0 Å². The van der Waals surface area contributed by atoms with Crippen LogP contribution >= 0.6 is 15.9 Å². The molecule has 0 radical (unpaired) electrons. The zero-order valence-electron chi connectivity index (χ0n) is 11.3.